The minimum absolute atomic E-state index is 0.0150. The first kappa shape index (κ1) is 21.6. The number of benzene rings is 2. The molecule has 3 rings (SSSR count). The van der Waals surface area contributed by atoms with Crippen molar-refractivity contribution >= 4 is 22.9 Å². The summed E-state index contributed by atoms with van der Waals surface area (Å²) in [5, 5.41) is 18.9. The smallest absolute Gasteiger partial charge is 0.165 e. The van der Waals surface area contributed by atoms with Crippen molar-refractivity contribution in [3.05, 3.63) is 52.8 Å². The zero-order valence-electron chi connectivity index (χ0n) is 16.2. The molecule has 1 heterocycles. The maximum Gasteiger partial charge on any atom is 0.165 e. The van der Waals surface area contributed by atoms with E-state index in [0.29, 0.717) is 21.5 Å². The van der Waals surface area contributed by atoms with Crippen molar-refractivity contribution in [2.75, 3.05) is 13.2 Å². The molecule has 154 valence electrons. The summed E-state index contributed by atoms with van der Waals surface area (Å²) >= 11 is 7.66. The molecule has 3 N–H and O–H groups in total. The molecule has 0 saturated heterocycles. The number of nitrogens with two attached hydrogens (primary N) is 1. The summed E-state index contributed by atoms with van der Waals surface area (Å²) in [5.41, 5.74) is 8.25. The van der Waals surface area contributed by atoms with Crippen molar-refractivity contribution in [1.29, 1.82) is 0 Å². The van der Waals surface area contributed by atoms with E-state index in [1.165, 1.54) is 29.0 Å². The minimum Gasteiger partial charge on any atom is -0.489 e. The molecular weight excluding hydrogens is 413 g/mol. The number of hydrogen-bond acceptors (Lipinski definition) is 6. The molecule has 0 saturated carbocycles. The van der Waals surface area contributed by atoms with Gasteiger partial charge in [0, 0.05) is 17.2 Å². The van der Waals surface area contributed by atoms with Crippen LogP contribution in [0.5, 0.6) is 5.75 Å². The first-order valence-corrected chi connectivity index (χ1v) is 10.5. The van der Waals surface area contributed by atoms with Gasteiger partial charge in [-0.25, -0.2) is 4.39 Å². The molecule has 0 aliphatic heterocycles. The van der Waals surface area contributed by atoms with E-state index in [4.69, 9.17) is 27.2 Å². The zero-order chi connectivity index (χ0) is 21.0. The Labute approximate surface area is 178 Å². The second-order valence-corrected chi connectivity index (χ2v) is 8.61. The number of ether oxygens (including phenoxy) is 1. The lowest BCUT2D eigenvalue weighted by atomic mass is 10.0. The topological polar surface area (TPSA) is 81.3 Å². The lowest BCUT2D eigenvalue weighted by Crippen LogP contribution is -2.31. The fraction of sp³-hybridized carbons (Fsp3) is 0.333. The van der Waals surface area contributed by atoms with Gasteiger partial charge in [0.15, 0.2) is 11.6 Å². The average Bonchev–Trinajstić information content (AvgIpc) is 3.18. The highest BCUT2D eigenvalue weighted by Crippen LogP contribution is 2.37. The lowest BCUT2D eigenvalue weighted by Gasteiger charge is -2.12. The molecule has 1 aromatic heterocycles. The van der Waals surface area contributed by atoms with Gasteiger partial charge in [-0.2, -0.15) is 0 Å². The van der Waals surface area contributed by atoms with Crippen LogP contribution < -0.4 is 10.5 Å². The molecule has 8 heteroatoms. The number of rotatable bonds is 8. The van der Waals surface area contributed by atoms with E-state index in [1.54, 1.807) is 0 Å². The summed E-state index contributed by atoms with van der Waals surface area (Å²) in [6.07, 6.45) is 1.02. The van der Waals surface area contributed by atoms with E-state index in [0.717, 1.165) is 17.0 Å². The van der Waals surface area contributed by atoms with E-state index in [-0.39, 0.29) is 19.0 Å². The number of aromatic nitrogens is 2. The van der Waals surface area contributed by atoms with Gasteiger partial charge in [-0.15, -0.1) is 10.2 Å². The quantitative estimate of drug-likeness (QED) is 0.542. The Hall–Kier alpha value is -2.06. The number of halogens is 2. The largest absolute Gasteiger partial charge is 0.489 e. The summed E-state index contributed by atoms with van der Waals surface area (Å²) in [4.78, 5) is 0. The monoisotopic (exact) mass is 435 g/mol. The van der Waals surface area contributed by atoms with E-state index in [9.17, 15) is 4.39 Å². The van der Waals surface area contributed by atoms with Crippen LogP contribution in [0.25, 0.3) is 21.1 Å². The van der Waals surface area contributed by atoms with Gasteiger partial charge in [0.2, 0.25) is 0 Å². The molecule has 1 atom stereocenters. The first-order chi connectivity index (χ1) is 13.9. The Morgan fingerprint density at radius 1 is 1.17 bits per heavy atom. The van der Waals surface area contributed by atoms with Gasteiger partial charge < -0.3 is 15.6 Å². The molecule has 0 fully saturated rings. The molecule has 29 heavy (non-hydrogen) atoms. The highest BCUT2D eigenvalue weighted by atomic mass is 35.5. The molecule has 0 radical (unpaired) electrons. The second-order valence-electron chi connectivity index (χ2n) is 7.22. The fourth-order valence-corrected chi connectivity index (χ4v) is 3.93. The van der Waals surface area contributed by atoms with Crippen LogP contribution in [0.3, 0.4) is 0 Å². The maximum atomic E-state index is 14.4. The highest BCUT2D eigenvalue weighted by Gasteiger charge is 2.16. The van der Waals surface area contributed by atoms with E-state index in [1.807, 2.05) is 12.1 Å². The van der Waals surface area contributed by atoms with Crippen molar-refractivity contribution in [2.45, 2.75) is 26.3 Å². The molecule has 0 unspecified atom stereocenters. The average molecular weight is 436 g/mol. The van der Waals surface area contributed by atoms with Crippen molar-refractivity contribution in [2.24, 2.45) is 11.7 Å². The molecule has 5 nitrogen and oxygen atoms in total. The molecule has 0 spiro atoms. The summed E-state index contributed by atoms with van der Waals surface area (Å²) in [5.74, 6) is -0.00481. The third kappa shape index (κ3) is 5.51. The molecule has 0 aliphatic carbocycles. The standard InChI is InChI=1S/C21H23ClFN3O2S/c1-12(2)7-13-3-5-14(6-4-13)20-25-26-21(29-20)16-8-18(23)19(9-17(16)22)28-11-15(24)10-27/h3-6,8-9,12,15,27H,7,10-11,24H2,1-2H3/t15-/m1/s1. The summed E-state index contributed by atoms with van der Waals surface area (Å²) in [7, 11) is 0. The predicted octanol–water partition coefficient (Wildman–Crippen LogP) is 4.56. The van der Waals surface area contributed by atoms with Crippen LogP contribution in [-0.2, 0) is 6.42 Å². The molecule has 0 bridgehead atoms. The third-order valence-corrected chi connectivity index (χ3v) is 5.53. The van der Waals surface area contributed by atoms with Crippen LogP contribution in [0.2, 0.25) is 5.02 Å². The molecule has 2 aromatic carbocycles. The van der Waals surface area contributed by atoms with E-state index in [2.05, 4.69) is 36.2 Å². The van der Waals surface area contributed by atoms with Crippen molar-refractivity contribution < 1.29 is 14.2 Å². The number of aliphatic hydroxyl groups excluding tert-OH is 1. The molecule has 0 amide bonds. The Balaban J connectivity index is 1.80. The number of nitrogens with zero attached hydrogens (tertiary/aromatic N) is 2. The normalized spacial score (nSPS) is 12.4. The first-order valence-electron chi connectivity index (χ1n) is 9.28. The number of aliphatic hydroxyl groups is 1. The van der Waals surface area contributed by atoms with Gasteiger partial charge in [-0.3, -0.25) is 0 Å². The summed E-state index contributed by atoms with van der Waals surface area (Å²) in [6.45, 7) is 4.11. The van der Waals surface area contributed by atoms with Gasteiger partial charge in [-0.05, 0) is 24.0 Å². The lowest BCUT2D eigenvalue weighted by molar-refractivity contribution is 0.202. The summed E-state index contributed by atoms with van der Waals surface area (Å²) in [6, 6.07) is 10.3. The molecule has 0 aliphatic rings. The van der Waals surface area contributed by atoms with Crippen LogP contribution >= 0.6 is 22.9 Å². The molecular formula is C21H23ClFN3O2S. The van der Waals surface area contributed by atoms with Crippen molar-refractivity contribution in [1.82, 2.24) is 10.2 Å². The van der Waals surface area contributed by atoms with Gasteiger partial charge in [0.25, 0.3) is 0 Å². The zero-order valence-corrected chi connectivity index (χ0v) is 17.8. The van der Waals surface area contributed by atoms with Gasteiger partial charge in [-0.1, -0.05) is 61.1 Å². The van der Waals surface area contributed by atoms with Crippen LogP contribution in [0.15, 0.2) is 36.4 Å². The molecule has 3 aromatic rings. The Bertz CT molecular complexity index is 963. The third-order valence-electron chi connectivity index (χ3n) is 4.21. The van der Waals surface area contributed by atoms with Crippen molar-refractivity contribution in [3.63, 3.8) is 0 Å². The number of hydrogen-bond donors (Lipinski definition) is 2. The predicted molar refractivity (Wildman–Crippen MR) is 115 cm³/mol. The van der Waals surface area contributed by atoms with Gasteiger partial charge in [0.1, 0.15) is 16.6 Å². The Morgan fingerprint density at radius 2 is 1.86 bits per heavy atom. The van der Waals surface area contributed by atoms with Crippen molar-refractivity contribution in [3.8, 4) is 26.9 Å². The van der Waals surface area contributed by atoms with Crippen LogP contribution in [0.1, 0.15) is 19.4 Å². The Morgan fingerprint density at radius 3 is 2.52 bits per heavy atom. The van der Waals surface area contributed by atoms with Crippen LogP contribution in [-0.4, -0.2) is 34.6 Å². The van der Waals surface area contributed by atoms with Gasteiger partial charge in [0.05, 0.1) is 17.7 Å². The fourth-order valence-electron chi connectivity index (χ4n) is 2.76. The highest BCUT2D eigenvalue weighted by molar-refractivity contribution is 7.18. The summed E-state index contributed by atoms with van der Waals surface area (Å²) < 4.78 is 19.7. The van der Waals surface area contributed by atoms with E-state index >= 15 is 0 Å². The van der Waals surface area contributed by atoms with Crippen LogP contribution in [0, 0.1) is 11.7 Å². The minimum atomic E-state index is -0.592. The van der Waals surface area contributed by atoms with Crippen LogP contribution in [0.4, 0.5) is 4.39 Å². The van der Waals surface area contributed by atoms with Gasteiger partial charge >= 0.3 is 0 Å². The second kappa shape index (κ2) is 9.63. The maximum absolute atomic E-state index is 14.4. The van der Waals surface area contributed by atoms with E-state index < -0.39 is 11.9 Å². The SMILES string of the molecule is CC(C)Cc1ccc(-c2nnc(-c3cc(F)c(OC[C@H](N)CO)cc3Cl)s2)cc1. The Kier molecular flexibility index (Phi) is 7.18.